The first-order valence-corrected chi connectivity index (χ1v) is 7.02. The molecule has 1 heterocycles. The molecule has 1 saturated heterocycles. The molecule has 0 aromatic carbocycles. The van der Waals surface area contributed by atoms with Crippen LogP contribution in [0.3, 0.4) is 0 Å². The monoisotopic (exact) mass is 219 g/mol. The van der Waals surface area contributed by atoms with Crippen LogP contribution in [0.4, 0.5) is 0 Å². The maximum atomic E-state index is 11.5. The molecule has 88 valence electrons. The second-order valence-corrected chi connectivity index (χ2v) is 6.59. The molecule has 4 fully saturated rings. The molecule has 16 heavy (non-hydrogen) atoms. The van der Waals surface area contributed by atoms with Crippen molar-refractivity contribution in [1.29, 1.82) is 0 Å². The zero-order valence-electron chi connectivity index (χ0n) is 10.1. The lowest BCUT2D eigenvalue weighted by molar-refractivity contribution is -0.125. The first kappa shape index (κ1) is 9.64. The minimum Gasteiger partial charge on any atom is -0.299 e. The highest BCUT2D eigenvalue weighted by Gasteiger charge is 2.66. The summed E-state index contributed by atoms with van der Waals surface area (Å²) >= 11 is 0. The standard InChI is InChI=1S/C14H21NO/c1-8-7-15(5-4-11(8)16)14-12-9-2-3-10(6-9)13(12)14/h8-10,12-14H,2-7H2,1H3. The Hall–Kier alpha value is -0.370. The molecule has 0 aromatic heterocycles. The van der Waals surface area contributed by atoms with Gasteiger partial charge in [0.2, 0.25) is 0 Å². The topological polar surface area (TPSA) is 20.3 Å². The number of Topliss-reactive ketones (excluding diaryl/α,β-unsaturated/α-hetero) is 1. The quantitative estimate of drug-likeness (QED) is 0.672. The molecule has 4 rings (SSSR count). The van der Waals surface area contributed by atoms with Crippen molar-refractivity contribution >= 4 is 5.78 Å². The molecule has 0 spiro atoms. The summed E-state index contributed by atoms with van der Waals surface area (Å²) in [5.41, 5.74) is 0. The number of carbonyl (C=O) groups excluding carboxylic acids is 1. The van der Waals surface area contributed by atoms with Crippen molar-refractivity contribution in [3.8, 4) is 0 Å². The molecule has 4 aliphatic rings. The lowest BCUT2D eigenvalue weighted by Gasteiger charge is -2.32. The van der Waals surface area contributed by atoms with Crippen molar-refractivity contribution in [2.24, 2.45) is 29.6 Å². The summed E-state index contributed by atoms with van der Waals surface area (Å²) in [6, 6.07) is 0.891. The largest absolute Gasteiger partial charge is 0.299 e. The molecule has 5 unspecified atom stereocenters. The van der Waals surface area contributed by atoms with Crippen molar-refractivity contribution in [1.82, 2.24) is 4.90 Å². The molecular weight excluding hydrogens is 198 g/mol. The van der Waals surface area contributed by atoms with Gasteiger partial charge in [0.25, 0.3) is 0 Å². The average Bonchev–Trinajstić information content (AvgIpc) is 2.72. The van der Waals surface area contributed by atoms with Crippen LogP contribution in [-0.2, 0) is 4.79 Å². The number of piperidine rings is 1. The van der Waals surface area contributed by atoms with Crippen molar-refractivity contribution in [3.05, 3.63) is 0 Å². The van der Waals surface area contributed by atoms with Crippen LogP contribution >= 0.6 is 0 Å². The van der Waals surface area contributed by atoms with Gasteiger partial charge in [-0.3, -0.25) is 9.69 Å². The van der Waals surface area contributed by atoms with Gasteiger partial charge in [0.05, 0.1) is 0 Å². The lowest BCUT2D eigenvalue weighted by atomic mass is 9.97. The van der Waals surface area contributed by atoms with E-state index < -0.39 is 0 Å². The fourth-order valence-corrected chi connectivity index (χ4v) is 5.08. The highest BCUT2D eigenvalue weighted by Crippen LogP contribution is 2.67. The molecule has 1 aliphatic heterocycles. The third-order valence-electron chi connectivity index (χ3n) is 5.82. The van der Waals surface area contributed by atoms with Gasteiger partial charge >= 0.3 is 0 Å². The summed E-state index contributed by atoms with van der Waals surface area (Å²) in [6.45, 7) is 4.22. The molecule has 0 amide bonds. The smallest absolute Gasteiger partial charge is 0.138 e. The van der Waals surface area contributed by atoms with Gasteiger partial charge in [-0.2, -0.15) is 0 Å². The Kier molecular flexibility index (Phi) is 1.86. The summed E-state index contributed by atoms with van der Waals surface area (Å²) in [6.07, 6.45) is 5.36. The number of fused-ring (bicyclic) bond motifs is 5. The van der Waals surface area contributed by atoms with Gasteiger partial charge in [-0.15, -0.1) is 0 Å². The number of nitrogens with zero attached hydrogens (tertiary/aromatic N) is 1. The van der Waals surface area contributed by atoms with E-state index in [1.54, 1.807) is 0 Å². The van der Waals surface area contributed by atoms with Gasteiger partial charge in [-0.1, -0.05) is 6.92 Å². The molecule has 3 aliphatic carbocycles. The van der Waals surface area contributed by atoms with E-state index in [4.69, 9.17) is 0 Å². The maximum absolute atomic E-state index is 11.5. The van der Waals surface area contributed by atoms with Crippen LogP contribution in [-0.4, -0.2) is 29.8 Å². The van der Waals surface area contributed by atoms with Gasteiger partial charge < -0.3 is 0 Å². The third kappa shape index (κ3) is 1.14. The van der Waals surface area contributed by atoms with E-state index in [-0.39, 0.29) is 0 Å². The van der Waals surface area contributed by atoms with E-state index in [0.717, 1.165) is 49.2 Å². The van der Waals surface area contributed by atoms with Gasteiger partial charge in [0, 0.05) is 31.5 Å². The highest BCUT2D eigenvalue weighted by atomic mass is 16.1. The predicted octanol–water partition coefficient (Wildman–Crippen LogP) is 1.94. The number of hydrogen-bond acceptors (Lipinski definition) is 2. The zero-order valence-corrected chi connectivity index (χ0v) is 10.1. The molecule has 0 aromatic rings. The normalized spacial score (nSPS) is 55.4. The van der Waals surface area contributed by atoms with E-state index in [1.165, 1.54) is 19.3 Å². The van der Waals surface area contributed by atoms with Gasteiger partial charge in [-0.05, 0) is 42.9 Å². The zero-order chi connectivity index (χ0) is 10.9. The van der Waals surface area contributed by atoms with E-state index in [1.807, 2.05) is 0 Å². The minimum atomic E-state index is 0.299. The Bertz CT molecular complexity index is 324. The number of ketones is 1. The van der Waals surface area contributed by atoms with Crippen LogP contribution in [0.2, 0.25) is 0 Å². The van der Waals surface area contributed by atoms with Gasteiger partial charge in [0.1, 0.15) is 5.78 Å². The molecule has 2 nitrogen and oxygen atoms in total. The molecule has 2 heteroatoms. The Morgan fingerprint density at radius 3 is 2.50 bits per heavy atom. The molecular formula is C14H21NO. The fraction of sp³-hybridized carbons (Fsp3) is 0.929. The number of hydrogen-bond donors (Lipinski definition) is 0. The molecule has 0 N–H and O–H groups in total. The SMILES string of the molecule is CC1CN(C2C3C4CCC(C4)C32)CCC1=O. The van der Waals surface area contributed by atoms with Crippen LogP contribution < -0.4 is 0 Å². The van der Waals surface area contributed by atoms with E-state index in [2.05, 4.69) is 11.8 Å². The average molecular weight is 219 g/mol. The second-order valence-electron chi connectivity index (χ2n) is 6.59. The lowest BCUT2D eigenvalue weighted by Crippen LogP contribution is -2.42. The molecule has 3 saturated carbocycles. The summed E-state index contributed by atoms with van der Waals surface area (Å²) in [7, 11) is 0. The second kappa shape index (κ2) is 3.10. The van der Waals surface area contributed by atoms with Crippen LogP contribution in [0.25, 0.3) is 0 Å². The van der Waals surface area contributed by atoms with Crippen molar-refractivity contribution in [2.45, 2.75) is 38.6 Å². The first-order valence-electron chi connectivity index (χ1n) is 7.02. The maximum Gasteiger partial charge on any atom is 0.138 e. The Morgan fingerprint density at radius 1 is 1.19 bits per heavy atom. The summed E-state index contributed by atoms with van der Waals surface area (Å²) in [5, 5.41) is 0. The number of carbonyl (C=O) groups is 1. The fourth-order valence-electron chi connectivity index (χ4n) is 5.08. The first-order chi connectivity index (χ1) is 7.75. The van der Waals surface area contributed by atoms with Crippen molar-refractivity contribution in [3.63, 3.8) is 0 Å². The Morgan fingerprint density at radius 2 is 1.88 bits per heavy atom. The molecule has 2 bridgehead atoms. The van der Waals surface area contributed by atoms with Crippen molar-refractivity contribution < 1.29 is 4.79 Å². The van der Waals surface area contributed by atoms with E-state index >= 15 is 0 Å². The van der Waals surface area contributed by atoms with E-state index in [9.17, 15) is 4.79 Å². The summed E-state index contributed by atoms with van der Waals surface area (Å²) in [5.74, 6) is 5.00. The predicted molar refractivity (Wildman–Crippen MR) is 62.0 cm³/mol. The summed E-state index contributed by atoms with van der Waals surface area (Å²) in [4.78, 5) is 14.2. The van der Waals surface area contributed by atoms with Gasteiger partial charge in [-0.25, -0.2) is 0 Å². The minimum absolute atomic E-state index is 0.299. The molecule has 0 radical (unpaired) electrons. The van der Waals surface area contributed by atoms with Crippen molar-refractivity contribution in [2.75, 3.05) is 13.1 Å². The van der Waals surface area contributed by atoms with Crippen LogP contribution in [0.1, 0.15) is 32.6 Å². The van der Waals surface area contributed by atoms with Crippen LogP contribution in [0, 0.1) is 29.6 Å². The highest BCUT2D eigenvalue weighted by molar-refractivity contribution is 5.81. The molecule has 5 atom stereocenters. The van der Waals surface area contributed by atoms with Crippen LogP contribution in [0.5, 0.6) is 0 Å². The number of likely N-dealkylation sites (tertiary alicyclic amines) is 1. The Balaban J connectivity index is 1.47. The van der Waals surface area contributed by atoms with E-state index in [0.29, 0.717) is 11.7 Å². The third-order valence-corrected chi connectivity index (χ3v) is 5.82. The van der Waals surface area contributed by atoms with Gasteiger partial charge in [0.15, 0.2) is 0 Å². The Labute approximate surface area is 97.4 Å². The number of rotatable bonds is 1. The summed E-state index contributed by atoms with van der Waals surface area (Å²) < 4.78 is 0. The van der Waals surface area contributed by atoms with Crippen LogP contribution in [0.15, 0.2) is 0 Å².